The lowest BCUT2D eigenvalue weighted by molar-refractivity contribution is 0.665. The fourth-order valence-electron chi connectivity index (χ4n) is 9.97. The Morgan fingerprint density at radius 3 is 1.48 bits per heavy atom. The molecule has 1 aliphatic carbocycles. The molecule has 0 aliphatic heterocycles. The molecule has 1 aliphatic rings. The van der Waals surface area contributed by atoms with Gasteiger partial charge in [-0.15, -0.1) is 0 Å². The maximum Gasteiger partial charge on any atom is 0.167 e. The van der Waals surface area contributed by atoms with E-state index in [1.54, 1.807) is 0 Å². The third-order valence-electron chi connectivity index (χ3n) is 12.9. The molecule has 5 nitrogen and oxygen atoms in total. The van der Waals surface area contributed by atoms with Crippen molar-refractivity contribution in [3.63, 3.8) is 0 Å². The van der Waals surface area contributed by atoms with Crippen molar-refractivity contribution in [2.24, 2.45) is 0 Å². The van der Waals surface area contributed by atoms with Crippen molar-refractivity contribution in [2.75, 3.05) is 0 Å². The Labute approximate surface area is 362 Å². The molecule has 13 rings (SSSR count). The number of nitrogens with zero attached hydrogens (tertiary/aromatic N) is 3. The van der Waals surface area contributed by atoms with Crippen molar-refractivity contribution in [2.45, 2.75) is 5.41 Å². The summed E-state index contributed by atoms with van der Waals surface area (Å²) in [5.74, 6) is 1.76. The van der Waals surface area contributed by atoms with Crippen LogP contribution >= 0.6 is 0 Å². The minimum atomic E-state index is -0.553. The molecule has 0 fully saturated rings. The first-order chi connectivity index (χ1) is 31.2. The van der Waals surface area contributed by atoms with Crippen LogP contribution in [-0.2, 0) is 5.41 Å². The van der Waals surface area contributed by atoms with Gasteiger partial charge in [0.2, 0.25) is 0 Å². The molecule has 0 N–H and O–H groups in total. The van der Waals surface area contributed by atoms with Crippen molar-refractivity contribution in [1.82, 2.24) is 15.0 Å². The zero-order valence-corrected chi connectivity index (χ0v) is 33.9. The maximum absolute atomic E-state index is 6.50. The smallest absolute Gasteiger partial charge is 0.167 e. The molecule has 0 saturated carbocycles. The number of rotatable bonds is 6. The molecular weight excluding hydrogens is 771 g/mol. The Hall–Kier alpha value is -8.41. The molecular formula is C58H35N3O2. The number of aromatic nitrogens is 3. The van der Waals surface area contributed by atoms with Gasteiger partial charge in [-0.1, -0.05) is 188 Å². The first-order valence-corrected chi connectivity index (χ1v) is 21.3. The van der Waals surface area contributed by atoms with Crippen LogP contribution in [0.1, 0.15) is 22.3 Å². The third kappa shape index (κ3) is 5.40. The fourth-order valence-corrected chi connectivity index (χ4v) is 9.97. The quantitative estimate of drug-likeness (QED) is 0.167. The van der Waals surface area contributed by atoms with Gasteiger partial charge in [-0.3, -0.25) is 0 Å². The van der Waals surface area contributed by atoms with Gasteiger partial charge >= 0.3 is 0 Å². The number of hydrogen-bond acceptors (Lipinski definition) is 5. The lowest BCUT2D eigenvalue weighted by atomic mass is 9.67. The second-order valence-electron chi connectivity index (χ2n) is 16.3. The summed E-state index contributed by atoms with van der Waals surface area (Å²) < 4.78 is 12.9. The summed E-state index contributed by atoms with van der Waals surface area (Å²) in [6.45, 7) is 0. The highest BCUT2D eigenvalue weighted by molar-refractivity contribution is 6.09. The molecule has 0 unspecified atom stereocenters. The maximum atomic E-state index is 6.50. The van der Waals surface area contributed by atoms with Gasteiger partial charge in [0.15, 0.2) is 17.5 Å². The van der Waals surface area contributed by atoms with Gasteiger partial charge in [-0.25, -0.2) is 15.0 Å². The van der Waals surface area contributed by atoms with Crippen molar-refractivity contribution in [3.8, 4) is 56.4 Å². The van der Waals surface area contributed by atoms with E-state index in [0.29, 0.717) is 17.5 Å². The Bertz CT molecular complexity index is 3690. The van der Waals surface area contributed by atoms with Crippen molar-refractivity contribution < 1.29 is 8.83 Å². The molecule has 0 bridgehead atoms. The first-order valence-electron chi connectivity index (χ1n) is 21.3. The summed E-state index contributed by atoms with van der Waals surface area (Å²) in [5, 5.41) is 4.34. The highest BCUT2D eigenvalue weighted by Crippen LogP contribution is 2.56. The van der Waals surface area contributed by atoms with Crippen molar-refractivity contribution in [3.05, 3.63) is 235 Å². The van der Waals surface area contributed by atoms with Gasteiger partial charge in [-0.05, 0) is 68.8 Å². The Morgan fingerprint density at radius 2 is 0.778 bits per heavy atom. The number of para-hydroxylation sites is 3. The van der Waals surface area contributed by atoms with E-state index in [1.807, 2.05) is 72.8 Å². The molecule has 9 aromatic carbocycles. The monoisotopic (exact) mass is 805 g/mol. The van der Waals surface area contributed by atoms with E-state index in [1.165, 1.54) is 33.4 Å². The average molecular weight is 806 g/mol. The predicted octanol–water partition coefficient (Wildman–Crippen LogP) is 14.7. The van der Waals surface area contributed by atoms with Crippen molar-refractivity contribution in [1.29, 1.82) is 0 Å². The average Bonchev–Trinajstić information content (AvgIpc) is 4.03. The van der Waals surface area contributed by atoms with Crippen LogP contribution in [0.25, 0.3) is 100 Å². The predicted molar refractivity (Wildman–Crippen MR) is 253 cm³/mol. The number of fused-ring (bicyclic) bond motifs is 9. The Balaban J connectivity index is 0.909. The number of benzene rings is 9. The van der Waals surface area contributed by atoms with Crippen LogP contribution in [0.15, 0.2) is 221 Å². The van der Waals surface area contributed by atoms with Crippen LogP contribution in [-0.4, -0.2) is 15.0 Å². The van der Waals surface area contributed by atoms with Crippen LogP contribution < -0.4 is 0 Å². The zero-order chi connectivity index (χ0) is 41.5. The second kappa shape index (κ2) is 13.8. The van der Waals surface area contributed by atoms with E-state index in [4.69, 9.17) is 23.8 Å². The first kappa shape index (κ1) is 35.4. The van der Waals surface area contributed by atoms with Gasteiger partial charge in [0.25, 0.3) is 0 Å². The molecule has 0 atom stereocenters. The topological polar surface area (TPSA) is 65.0 Å². The lowest BCUT2D eigenvalue weighted by Gasteiger charge is -2.34. The molecule has 3 heterocycles. The normalized spacial score (nSPS) is 12.9. The third-order valence-corrected chi connectivity index (χ3v) is 12.9. The van der Waals surface area contributed by atoms with Gasteiger partial charge in [0, 0.05) is 32.7 Å². The SMILES string of the molecule is c1ccc(-c2nc(-c3ccc(-c4ccc(C5(c6ccc7c(c6)oc6ccccc67)c6ccccc6-c6ccccc65)cc4)cc3)nc(-c3cccc4c3oc3ccccc34)n2)cc1. The summed E-state index contributed by atoms with van der Waals surface area (Å²) in [4.78, 5) is 15.1. The summed E-state index contributed by atoms with van der Waals surface area (Å²) in [7, 11) is 0. The van der Waals surface area contributed by atoms with Crippen LogP contribution in [0, 0.1) is 0 Å². The van der Waals surface area contributed by atoms with Crippen LogP contribution in [0.5, 0.6) is 0 Å². The van der Waals surface area contributed by atoms with E-state index in [9.17, 15) is 0 Å². The largest absolute Gasteiger partial charge is 0.456 e. The molecule has 12 aromatic rings. The summed E-state index contributed by atoms with van der Waals surface area (Å²) >= 11 is 0. The Morgan fingerprint density at radius 1 is 0.302 bits per heavy atom. The highest BCUT2D eigenvalue weighted by Gasteiger charge is 2.46. The molecule has 294 valence electrons. The fraction of sp³-hybridized carbons (Fsp3) is 0.0172. The summed E-state index contributed by atoms with van der Waals surface area (Å²) in [6, 6.07) is 74.7. The summed E-state index contributed by atoms with van der Waals surface area (Å²) in [5.41, 5.74) is 15.1. The van der Waals surface area contributed by atoms with Gasteiger partial charge in [0.1, 0.15) is 22.3 Å². The molecule has 0 saturated heterocycles. The van der Waals surface area contributed by atoms with Crippen LogP contribution in [0.4, 0.5) is 0 Å². The van der Waals surface area contributed by atoms with E-state index >= 15 is 0 Å². The second-order valence-corrected chi connectivity index (χ2v) is 16.3. The molecule has 63 heavy (non-hydrogen) atoms. The standard InChI is InChI=1S/C58H35N3O2/c1-2-13-38(14-3-1)55-59-56(61-57(60-55)48-20-12-19-47-45-18-7-11-24-52(45)63-54(47)48)39-27-25-36(26-28-39)37-29-31-40(32-30-37)58(49-21-8-4-15-42(49)43-16-5-9-22-50(43)58)41-33-34-46-44-17-6-10-23-51(44)62-53(46)35-41/h1-35H. The Kier molecular flexibility index (Phi) is 7.75. The lowest BCUT2D eigenvalue weighted by Crippen LogP contribution is -2.28. The van der Waals surface area contributed by atoms with Crippen molar-refractivity contribution >= 4 is 43.9 Å². The van der Waals surface area contributed by atoms with E-state index in [0.717, 1.165) is 71.7 Å². The number of furan rings is 2. The summed E-state index contributed by atoms with van der Waals surface area (Å²) in [6.07, 6.45) is 0. The molecule has 0 spiro atoms. The molecule has 0 amide bonds. The van der Waals surface area contributed by atoms with Gasteiger partial charge in [-0.2, -0.15) is 0 Å². The zero-order valence-electron chi connectivity index (χ0n) is 33.9. The molecule has 3 aromatic heterocycles. The minimum absolute atomic E-state index is 0.553. The van der Waals surface area contributed by atoms with Crippen LogP contribution in [0.2, 0.25) is 0 Å². The highest BCUT2D eigenvalue weighted by atomic mass is 16.3. The van der Waals surface area contributed by atoms with E-state index in [-0.39, 0.29) is 0 Å². The minimum Gasteiger partial charge on any atom is -0.456 e. The van der Waals surface area contributed by atoms with E-state index in [2.05, 4.69) is 140 Å². The molecule has 5 heteroatoms. The van der Waals surface area contributed by atoms with Crippen LogP contribution in [0.3, 0.4) is 0 Å². The number of hydrogen-bond donors (Lipinski definition) is 0. The van der Waals surface area contributed by atoms with E-state index < -0.39 is 5.41 Å². The molecule has 0 radical (unpaired) electrons. The van der Waals surface area contributed by atoms with Gasteiger partial charge in [0.05, 0.1) is 11.0 Å². The van der Waals surface area contributed by atoms with Gasteiger partial charge < -0.3 is 8.83 Å².